The molecule has 2 aromatic carbocycles. The summed E-state index contributed by atoms with van der Waals surface area (Å²) in [5.41, 5.74) is 0.408. The Morgan fingerprint density at radius 2 is 1.48 bits per heavy atom. The van der Waals surface area contributed by atoms with Gasteiger partial charge in [-0.1, -0.05) is 19.0 Å². The highest BCUT2D eigenvalue weighted by atomic mass is 35.5. The van der Waals surface area contributed by atoms with Gasteiger partial charge in [0.15, 0.2) is 6.10 Å². The molecule has 2 rings (SSSR count). The molecular formula is C17H17ClO6S. The second kappa shape index (κ2) is 9.71. The van der Waals surface area contributed by atoms with Crippen molar-refractivity contribution in [1.29, 1.82) is 0 Å². The van der Waals surface area contributed by atoms with Crippen LogP contribution in [0, 0.1) is 0 Å². The monoisotopic (exact) mass is 384 g/mol. The maximum absolute atomic E-state index is 11.5. The zero-order chi connectivity index (χ0) is 17.5. The van der Waals surface area contributed by atoms with Crippen LogP contribution in [0.25, 0.3) is 0 Å². The molecule has 0 aromatic heterocycles. The number of rotatable bonds is 6. The first-order valence-electron chi connectivity index (χ1n) is 6.76. The second-order valence-corrected chi connectivity index (χ2v) is 5.73. The van der Waals surface area contributed by atoms with Gasteiger partial charge in [-0.3, -0.25) is 0 Å². The van der Waals surface area contributed by atoms with Crippen LogP contribution in [-0.2, 0) is 19.8 Å². The lowest BCUT2D eigenvalue weighted by molar-refractivity contribution is -0.141. The molecule has 0 aliphatic carbocycles. The van der Waals surface area contributed by atoms with Gasteiger partial charge in [-0.25, -0.2) is 4.79 Å². The van der Waals surface area contributed by atoms with Crippen LogP contribution in [0.4, 0.5) is 0 Å². The average molecular weight is 385 g/mol. The first-order chi connectivity index (χ1) is 11.4. The summed E-state index contributed by atoms with van der Waals surface area (Å²) < 4.78 is 36.0. The first kappa shape index (κ1) is 20.5. The number of ether oxygens (including phenoxy) is 3. The molecule has 0 saturated heterocycles. The Hall–Kier alpha value is -2.51. The topological polar surface area (TPSA) is 78.9 Å². The molecule has 1 unspecified atom stereocenters. The maximum Gasteiger partial charge on any atom is 0.352 e. The lowest BCUT2D eigenvalue weighted by Gasteiger charge is -2.12. The molecule has 0 radical (unpaired) electrons. The van der Waals surface area contributed by atoms with Crippen molar-refractivity contribution in [2.75, 3.05) is 0 Å². The van der Waals surface area contributed by atoms with Gasteiger partial charge in [0, 0.05) is 5.02 Å². The number of carbonyl (C=O) groups excluding carboxylic acids is 1. The molecule has 0 aliphatic heterocycles. The molecule has 0 N–H and O–H groups in total. The Labute approximate surface area is 152 Å². The van der Waals surface area contributed by atoms with Crippen LogP contribution in [0.5, 0.6) is 17.2 Å². The molecule has 8 heteroatoms. The largest absolute Gasteiger partial charge is 0.479 e. The predicted molar refractivity (Wildman–Crippen MR) is 95.9 cm³/mol. The van der Waals surface area contributed by atoms with Crippen LogP contribution in [0.1, 0.15) is 14.4 Å². The Kier molecular flexibility index (Phi) is 7.97. The summed E-state index contributed by atoms with van der Waals surface area (Å²) in [4.78, 5) is 11.5. The molecule has 0 heterocycles. The molecule has 0 bridgehead atoms. The van der Waals surface area contributed by atoms with E-state index in [4.69, 9.17) is 21.1 Å². The molecule has 25 heavy (non-hydrogen) atoms. The van der Waals surface area contributed by atoms with Gasteiger partial charge in [0.2, 0.25) is 15.8 Å². The van der Waals surface area contributed by atoms with Gasteiger partial charge < -0.3 is 14.2 Å². The highest BCUT2D eigenvalue weighted by molar-refractivity contribution is 7.71. The minimum Gasteiger partial charge on any atom is -0.479 e. The lowest BCUT2D eigenvalue weighted by Crippen LogP contribution is -2.25. The summed E-state index contributed by atoms with van der Waals surface area (Å²) in [6.07, 6.45) is -0.965. The van der Waals surface area contributed by atoms with E-state index < -0.39 is 22.4 Å². The third-order valence-corrected chi connectivity index (χ3v) is 3.27. The highest BCUT2D eigenvalue weighted by Crippen LogP contribution is 2.25. The summed E-state index contributed by atoms with van der Waals surface area (Å²) >= 11 is 5.80. The molecule has 0 aliphatic rings. The molecule has 0 spiro atoms. The van der Waals surface area contributed by atoms with Gasteiger partial charge in [-0.05, 0) is 55.5 Å². The van der Waals surface area contributed by atoms with Crippen molar-refractivity contribution >= 4 is 33.4 Å². The fourth-order valence-corrected chi connectivity index (χ4v) is 1.96. The standard InChI is InChI=1S/C16H13ClO6S.CH4/c1-11(16(18)21-10-24(19)20)22-13-6-8-15(9-7-13)23-14-4-2-12(17)3-5-14;/h2-11H,1H3;1H4. The van der Waals surface area contributed by atoms with Crippen molar-refractivity contribution < 1.29 is 27.4 Å². The van der Waals surface area contributed by atoms with Crippen LogP contribution in [0.15, 0.2) is 48.5 Å². The fourth-order valence-electron chi connectivity index (χ4n) is 1.66. The van der Waals surface area contributed by atoms with Crippen molar-refractivity contribution in [1.82, 2.24) is 0 Å². The average Bonchev–Trinajstić information content (AvgIpc) is 2.56. The van der Waals surface area contributed by atoms with Gasteiger partial charge in [0.25, 0.3) is 0 Å². The SMILES string of the molecule is C.CC(Oc1ccc(Oc2ccc(Cl)cc2)cc1)C(=O)OC=S(=O)=O. The van der Waals surface area contributed by atoms with E-state index in [1.54, 1.807) is 48.5 Å². The summed E-state index contributed by atoms with van der Waals surface area (Å²) in [6.45, 7) is 1.45. The van der Waals surface area contributed by atoms with Crippen molar-refractivity contribution in [3.63, 3.8) is 0 Å². The summed E-state index contributed by atoms with van der Waals surface area (Å²) in [7, 11) is -2.57. The van der Waals surface area contributed by atoms with E-state index in [2.05, 4.69) is 4.74 Å². The number of benzene rings is 2. The van der Waals surface area contributed by atoms with E-state index in [0.717, 1.165) is 0 Å². The number of carbonyl (C=O) groups is 1. The zero-order valence-electron chi connectivity index (χ0n) is 12.5. The lowest BCUT2D eigenvalue weighted by atomic mass is 10.3. The Balaban J connectivity index is 0.00000312. The van der Waals surface area contributed by atoms with Gasteiger partial charge >= 0.3 is 5.97 Å². The van der Waals surface area contributed by atoms with Crippen LogP contribution in [0.2, 0.25) is 5.02 Å². The molecule has 0 fully saturated rings. The molecule has 2 aromatic rings. The molecule has 0 saturated carbocycles. The number of halogens is 1. The van der Waals surface area contributed by atoms with Gasteiger partial charge in [0.05, 0.1) is 0 Å². The Morgan fingerprint density at radius 3 is 2.00 bits per heavy atom. The van der Waals surface area contributed by atoms with Gasteiger partial charge in [0.1, 0.15) is 17.2 Å². The normalized spacial score (nSPS) is 10.8. The minimum absolute atomic E-state index is 0. The van der Waals surface area contributed by atoms with Crippen LogP contribution >= 0.6 is 11.6 Å². The highest BCUT2D eigenvalue weighted by Gasteiger charge is 2.16. The molecule has 0 amide bonds. The van der Waals surface area contributed by atoms with E-state index in [9.17, 15) is 13.2 Å². The Bertz CT molecular complexity index is 820. The van der Waals surface area contributed by atoms with Crippen molar-refractivity contribution in [3.05, 3.63) is 53.6 Å². The van der Waals surface area contributed by atoms with Crippen LogP contribution in [-0.4, -0.2) is 26.0 Å². The number of hydrogen-bond acceptors (Lipinski definition) is 6. The predicted octanol–water partition coefficient (Wildman–Crippen LogP) is 3.72. The molecular weight excluding hydrogens is 368 g/mol. The third-order valence-electron chi connectivity index (χ3n) is 2.76. The van der Waals surface area contributed by atoms with Crippen LogP contribution in [0.3, 0.4) is 0 Å². The second-order valence-electron chi connectivity index (χ2n) is 4.58. The minimum atomic E-state index is -2.57. The maximum atomic E-state index is 11.5. The van der Waals surface area contributed by atoms with E-state index in [1.165, 1.54) is 6.92 Å². The quantitative estimate of drug-likeness (QED) is 0.558. The first-order valence-corrected chi connectivity index (χ1v) is 8.27. The van der Waals surface area contributed by atoms with Gasteiger partial charge in [-0.2, -0.15) is 8.42 Å². The van der Waals surface area contributed by atoms with Crippen molar-refractivity contribution in [2.45, 2.75) is 20.5 Å². The fraction of sp³-hybridized carbons (Fsp3) is 0.176. The summed E-state index contributed by atoms with van der Waals surface area (Å²) in [6, 6.07) is 13.5. The summed E-state index contributed by atoms with van der Waals surface area (Å²) in [5.74, 6) is 0.799. The van der Waals surface area contributed by atoms with E-state index >= 15 is 0 Å². The number of esters is 1. The molecule has 6 nitrogen and oxygen atoms in total. The van der Waals surface area contributed by atoms with E-state index in [-0.39, 0.29) is 7.43 Å². The van der Waals surface area contributed by atoms with Crippen molar-refractivity contribution in [2.24, 2.45) is 0 Å². The molecule has 134 valence electrons. The summed E-state index contributed by atoms with van der Waals surface area (Å²) in [5, 5.41) is 0.616. The third kappa shape index (κ3) is 6.86. The number of hydrogen-bond donors (Lipinski definition) is 0. The van der Waals surface area contributed by atoms with E-state index in [1.807, 2.05) is 0 Å². The smallest absolute Gasteiger partial charge is 0.352 e. The van der Waals surface area contributed by atoms with Gasteiger partial charge in [-0.15, -0.1) is 0 Å². The molecule has 1 atom stereocenters. The zero-order valence-corrected chi connectivity index (χ0v) is 14.1. The van der Waals surface area contributed by atoms with E-state index in [0.29, 0.717) is 27.8 Å². The Morgan fingerprint density at radius 1 is 1.00 bits per heavy atom. The van der Waals surface area contributed by atoms with Crippen LogP contribution < -0.4 is 9.47 Å². The van der Waals surface area contributed by atoms with Crippen molar-refractivity contribution in [3.8, 4) is 17.2 Å².